The van der Waals surface area contributed by atoms with Gasteiger partial charge in [0, 0.05) is 23.4 Å². The summed E-state index contributed by atoms with van der Waals surface area (Å²) in [7, 11) is -4.10. The number of benzene rings is 3. The van der Waals surface area contributed by atoms with Gasteiger partial charge in [0.1, 0.15) is 18.0 Å². The van der Waals surface area contributed by atoms with E-state index < -0.39 is 61.7 Å². The Bertz CT molecular complexity index is 1630. The molecule has 1 unspecified atom stereocenters. The number of oxime groups is 1. The Balaban J connectivity index is 1.30. The molecule has 0 radical (unpaired) electrons. The summed E-state index contributed by atoms with van der Waals surface area (Å²) in [6.07, 6.45) is 2.52. The first-order chi connectivity index (χ1) is 19.9. The van der Waals surface area contributed by atoms with Gasteiger partial charge in [0.2, 0.25) is 0 Å². The molecule has 2 bridgehead atoms. The van der Waals surface area contributed by atoms with Gasteiger partial charge in [-0.1, -0.05) is 28.9 Å². The summed E-state index contributed by atoms with van der Waals surface area (Å²) in [5.74, 6) is -6.87. The normalized spacial score (nSPS) is 23.7. The molecule has 42 heavy (non-hydrogen) atoms. The molecule has 5 rings (SSSR count). The van der Waals surface area contributed by atoms with Crippen LogP contribution in [-0.2, 0) is 21.3 Å². The van der Waals surface area contributed by atoms with E-state index >= 15 is 0 Å². The Hall–Kier alpha value is -3.48. The van der Waals surface area contributed by atoms with Crippen molar-refractivity contribution in [2.45, 2.75) is 48.0 Å². The molecule has 2 fully saturated rings. The molecule has 13 heteroatoms. The van der Waals surface area contributed by atoms with E-state index in [1.807, 2.05) is 0 Å². The molecule has 2 aliphatic rings. The number of hydrogen-bond acceptors (Lipinski definition) is 6. The fraction of sp³-hybridized carbons (Fsp3) is 0.310. The summed E-state index contributed by atoms with van der Waals surface area (Å²) >= 11 is 6.28. The molecule has 3 aromatic rings. The van der Waals surface area contributed by atoms with E-state index in [0.717, 1.165) is 6.07 Å². The van der Waals surface area contributed by atoms with Crippen molar-refractivity contribution in [3.63, 3.8) is 0 Å². The van der Waals surface area contributed by atoms with Crippen molar-refractivity contribution < 1.29 is 40.7 Å². The van der Waals surface area contributed by atoms with Crippen LogP contribution < -0.4 is 5.32 Å². The van der Waals surface area contributed by atoms with Crippen molar-refractivity contribution in [3.8, 4) is 0 Å². The Morgan fingerprint density at radius 1 is 1.05 bits per heavy atom. The van der Waals surface area contributed by atoms with Crippen LogP contribution in [-0.4, -0.2) is 36.5 Å². The first-order valence-corrected chi connectivity index (χ1v) is 14.9. The average molecular weight is 625 g/mol. The summed E-state index contributed by atoms with van der Waals surface area (Å²) in [6, 6.07) is 10.6. The van der Waals surface area contributed by atoms with E-state index in [9.17, 15) is 35.9 Å². The second-order valence-corrected chi connectivity index (χ2v) is 13.1. The molecule has 0 saturated heterocycles. The number of carbonyl (C=O) groups excluding carboxylic acids is 1. The topological polar surface area (TPSA) is 105 Å². The lowest BCUT2D eigenvalue weighted by Gasteiger charge is -2.38. The maximum Gasteiger partial charge on any atom is 0.255 e. The number of halogens is 5. The monoisotopic (exact) mass is 624 g/mol. The maximum absolute atomic E-state index is 13.9. The van der Waals surface area contributed by atoms with Crippen molar-refractivity contribution >= 4 is 39.2 Å². The Morgan fingerprint density at radius 2 is 1.71 bits per heavy atom. The van der Waals surface area contributed by atoms with Crippen LogP contribution in [0.25, 0.3) is 0 Å². The molecule has 0 spiro atoms. The number of nitrogens with one attached hydrogen (secondary N) is 1. The summed E-state index contributed by atoms with van der Waals surface area (Å²) in [4.78, 5) is 17.7. The summed E-state index contributed by atoms with van der Waals surface area (Å²) in [5.41, 5.74) is -1.36. The van der Waals surface area contributed by atoms with Gasteiger partial charge in [-0.25, -0.2) is 26.0 Å². The van der Waals surface area contributed by atoms with Crippen LogP contribution in [0.5, 0.6) is 0 Å². The van der Waals surface area contributed by atoms with Crippen LogP contribution in [0.1, 0.15) is 41.6 Å². The molecule has 2 N–H and O–H groups in total. The number of hydrogen-bond donors (Lipinski definition) is 2. The highest BCUT2D eigenvalue weighted by Crippen LogP contribution is 2.51. The molecular formula is C29H25ClF4N2O5S. The SMILES string of the molecule is O=C(Nc1cc(F)c(F)c(F)c1)c1ccc(Cl)c(S(=O)(=O)[C@H]2C3CC[C@H]2C[C@](O)(/C=N/OCc2cccc(F)c2)C3)c1. The minimum atomic E-state index is -4.10. The fourth-order valence-electron chi connectivity index (χ4n) is 5.90. The maximum atomic E-state index is 13.9. The lowest BCUT2D eigenvalue weighted by atomic mass is 9.78. The van der Waals surface area contributed by atoms with Crippen LogP contribution in [0, 0.1) is 35.1 Å². The molecule has 7 nitrogen and oxygen atoms in total. The van der Waals surface area contributed by atoms with Gasteiger partial charge < -0.3 is 15.3 Å². The van der Waals surface area contributed by atoms with Gasteiger partial charge in [-0.3, -0.25) is 4.79 Å². The third-order valence-electron chi connectivity index (χ3n) is 7.66. The standard InChI is InChI=1S/C29H25ClF4N2O5S/c30-22-7-6-17(28(37)36-21-10-23(32)26(34)24(33)11-21)9-25(22)42(39,40)27-18-4-5-19(27)13-29(38,12-18)15-35-41-14-16-2-1-3-20(31)8-16/h1-3,6-11,15,18-19,27,38H,4-5,12-14H2,(H,36,37)/b35-15+/t18-,19?,27+,29+/m0/s1. The van der Waals surface area contributed by atoms with Gasteiger partial charge in [0.05, 0.1) is 21.4 Å². The van der Waals surface area contributed by atoms with Crippen molar-refractivity contribution in [2.24, 2.45) is 17.0 Å². The quantitative estimate of drug-likeness (QED) is 0.138. The number of fused-ring (bicyclic) bond motifs is 2. The van der Waals surface area contributed by atoms with Crippen LogP contribution in [0.2, 0.25) is 5.02 Å². The van der Waals surface area contributed by atoms with E-state index in [1.165, 1.54) is 36.5 Å². The highest BCUT2D eigenvalue weighted by molar-refractivity contribution is 7.92. The number of anilines is 1. The van der Waals surface area contributed by atoms with Gasteiger partial charge in [-0.15, -0.1) is 0 Å². The first kappa shape index (κ1) is 30.0. The summed E-state index contributed by atoms with van der Waals surface area (Å²) < 4.78 is 81.5. The Labute approximate surface area is 244 Å². The van der Waals surface area contributed by atoms with Crippen molar-refractivity contribution in [3.05, 3.63) is 94.0 Å². The predicted molar refractivity (Wildman–Crippen MR) is 147 cm³/mol. The summed E-state index contributed by atoms with van der Waals surface area (Å²) in [6.45, 7) is -0.0122. The van der Waals surface area contributed by atoms with Crippen molar-refractivity contribution in [2.75, 3.05) is 5.32 Å². The van der Waals surface area contributed by atoms with Gasteiger partial charge in [0.15, 0.2) is 27.3 Å². The van der Waals surface area contributed by atoms with E-state index in [4.69, 9.17) is 16.4 Å². The third kappa shape index (κ3) is 6.16. The summed E-state index contributed by atoms with van der Waals surface area (Å²) in [5, 5.41) is 16.3. The van der Waals surface area contributed by atoms with Crippen LogP contribution in [0.3, 0.4) is 0 Å². The molecular weight excluding hydrogens is 600 g/mol. The number of sulfone groups is 1. The number of rotatable bonds is 8. The minimum Gasteiger partial charge on any atom is -0.391 e. The van der Waals surface area contributed by atoms with E-state index in [2.05, 4.69) is 10.5 Å². The van der Waals surface area contributed by atoms with Crippen molar-refractivity contribution in [1.29, 1.82) is 0 Å². The highest BCUT2D eigenvalue weighted by atomic mass is 35.5. The number of amides is 1. The highest BCUT2D eigenvalue weighted by Gasteiger charge is 2.54. The van der Waals surface area contributed by atoms with Gasteiger partial charge in [-0.2, -0.15) is 0 Å². The Morgan fingerprint density at radius 3 is 2.36 bits per heavy atom. The second kappa shape index (κ2) is 11.7. The zero-order valence-electron chi connectivity index (χ0n) is 21.9. The molecule has 2 saturated carbocycles. The smallest absolute Gasteiger partial charge is 0.255 e. The zero-order chi connectivity index (χ0) is 30.2. The molecule has 0 aromatic heterocycles. The average Bonchev–Trinajstić information content (AvgIpc) is 3.23. The van der Waals surface area contributed by atoms with Gasteiger partial charge >= 0.3 is 0 Å². The lowest BCUT2D eigenvalue weighted by Crippen LogP contribution is -2.47. The molecule has 0 aliphatic heterocycles. The Kier molecular flexibility index (Phi) is 8.32. The third-order valence-corrected chi connectivity index (χ3v) is 10.5. The second-order valence-electron chi connectivity index (χ2n) is 10.6. The molecule has 1 amide bonds. The van der Waals surface area contributed by atoms with E-state index in [0.29, 0.717) is 30.5 Å². The molecule has 3 aromatic carbocycles. The van der Waals surface area contributed by atoms with E-state index in [1.54, 1.807) is 6.07 Å². The predicted octanol–water partition coefficient (Wildman–Crippen LogP) is 6.04. The van der Waals surface area contributed by atoms with Crippen LogP contribution >= 0.6 is 11.6 Å². The number of nitrogens with zero attached hydrogens (tertiary/aromatic N) is 1. The lowest BCUT2D eigenvalue weighted by molar-refractivity contribution is 0.0410. The van der Waals surface area contributed by atoms with E-state index in [-0.39, 0.29) is 40.6 Å². The van der Waals surface area contributed by atoms with Gasteiger partial charge in [0.25, 0.3) is 5.91 Å². The van der Waals surface area contributed by atoms with Crippen LogP contribution in [0.15, 0.2) is 64.6 Å². The first-order valence-electron chi connectivity index (χ1n) is 13.0. The molecule has 222 valence electrons. The fourth-order valence-corrected chi connectivity index (χ4v) is 8.74. The largest absolute Gasteiger partial charge is 0.391 e. The number of aliphatic hydroxyl groups is 1. The van der Waals surface area contributed by atoms with Gasteiger partial charge in [-0.05, 0) is 73.4 Å². The van der Waals surface area contributed by atoms with Crippen molar-refractivity contribution in [1.82, 2.24) is 0 Å². The number of carbonyl (C=O) groups is 1. The molecule has 4 atom stereocenters. The molecule has 0 heterocycles. The zero-order valence-corrected chi connectivity index (χ0v) is 23.4. The molecule has 2 aliphatic carbocycles. The minimum absolute atomic E-state index is 0.0122. The van der Waals surface area contributed by atoms with Crippen LogP contribution in [0.4, 0.5) is 23.2 Å².